The molecule has 0 radical (unpaired) electrons. The fourth-order valence-electron chi connectivity index (χ4n) is 2.59. The molecular weight excluding hydrogens is 322 g/mol. The summed E-state index contributed by atoms with van der Waals surface area (Å²) in [6, 6.07) is 10.8. The summed E-state index contributed by atoms with van der Waals surface area (Å²) in [4.78, 5) is 16.4. The standard InChI is InChI=1S/C18H21N3O4/c1-23-10-11-25-17-7-6-13(12-19-17)20-18(22)21-15-8-9-24-16-5-3-2-4-14(15)16/h2-7,12,15H,8-11H2,1H3,(H2,20,21,22)/t15-/m0/s1. The number of hydrogen-bond donors (Lipinski definition) is 2. The zero-order valence-electron chi connectivity index (χ0n) is 14.0. The van der Waals surface area contributed by atoms with E-state index in [1.54, 1.807) is 25.4 Å². The second-order valence-corrected chi connectivity index (χ2v) is 5.55. The average Bonchev–Trinajstić information content (AvgIpc) is 2.64. The quantitative estimate of drug-likeness (QED) is 0.788. The minimum Gasteiger partial charge on any atom is -0.493 e. The van der Waals surface area contributed by atoms with Gasteiger partial charge in [0.2, 0.25) is 5.88 Å². The molecule has 1 atom stereocenters. The highest BCUT2D eigenvalue weighted by Crippen LogP contribution is 2.31. The van der Waals surface area contributed by atoms with Crippen LogP contribution in [0.2, 0.25) is 0 Å². The van der Waals surface area contributed by atoms with Crippen LogP contribution in [0, 0.1) is 0 Å². The summed E-state index contributed by atoms with van der Waals surface area (Å²) in [5.74, 6) is 1.31. The summed E-state index contributed by atoms with van der Waals surface area (Å²) >= 11 is 0. The van der Waals surface area contributed by atoms with E-state index >= 15 is 0 Å². The van der Waals surface area contributed by atoms with Gasteiger partial charge < -0.3 is 24.8 Å². The second-order valence-electron chi connectivity index (χ2n) is 5.55. The molecule has 0 aliphatic carbocycles. The molecule has 2 N–H and O–H groups in total. The number of fused-ring (bicyclic) bond motifs is 1. The van der Waals surface area contributed by atoms with Crippen molar-refractivity contribution in [2.75, 3.05) is 32.2 Å². The van der Waals surface area contributed by atoms with E-state index in [2.05, 4.69) is 15.6 Å². The maximum Gasteiger partial charge on any atom is 0.319 e. The van der Waals surface area contributed by atoms with Gasteiger partial charge in [-0.05, 0) is 12.1 Å². The molecule has 132 valence electrons. The fraction of sp³-hybridized carbons (Fsp3) is 0.333. The Morgan fingerprint density at radius 2 is 2.16 bits per heavy atom. The summed E-state index contributed by atoms with van der Waals surface area (Å²) < 4.78 is 15.9. The Kier molecular flexibility index (Phi) is 5.69. The second kappa shape index (κ2) is 8.34. The Labute approximate surface area is 146 Å². The van der Waals surface area contributed by atoms with Crippen molar-refractivity contribution >= 4 is 11.7 Å². The molecule has 0 fully saturated rings. The van der Waals surface area contributed by atoms with Gasteiger partial charge in [-0.2, -0.15) is 0 Å². The molecule has 1 aliphatic heterocycles. The minimum absolute atomic E-state index is 0.0745. The number of methoxy groups -OCH3 is 1. The molecule has 3 rings (SSSR count). The van der Waals surface area contributed by atoms with Gasteiger partial charge in [-0.15, -0.1) is 0 Å². The average molecular weight is 343 g/mol. The van der Waals surface area contributed by atoms with Crippen LogP contribution in [0.4, 0.5) is 10.5 Å². The molecule has 1 aromatic carbocycles. The molecule has 0 saturated heterocycles. The molecular formula is C18H21N3O4. The van der Waals surface area contributed by atoms with Crippen LogP contribution >= 0.6 is 0 Å². The third-order valence-corrected chi connectivity index (χ3v) is 3.80. The molecule has 0 bridgehead atoms. The number of carbonyl (C=O) groups excluding carboxylic acids is 1. The van der Waals surface area contributed by atoms with Crippen LogP contribution in [-0.2, 0) is 4.74 Å². The predicted molar refractivity (Wildman–Crippen MR) is 93.1 cm³/mol. The first kappa shape index (κ1) is 17.0. The number of carbonyl (C=O) groups is 1. The number of anilines is 1. The summed E-state index contributed by atoms with van der Waals surface area (Å²) in [6.45, 7) is 1.51. The van der Waals surface area contributed by atoms with E-state index < -0.39 is 0 Å². The maximum absolute atomic E-state index is 12.2. The maximum atomic E-state index is 12.2. The van der Waals surface area contributed by atoms with E-state index in [1.807, 2.05) is 24.3 Å². The van der Waals surface area contributed by atoms with E-state index in [0.29, 0.717) is 31.4 Å². The van der Waals surface area contributed by atoms with Gasteiger partial charge in [0.05, 0.1) is 31.1 Å². The van der Waals surface area contributed by atoms with E-state index in [4.69, 9.17) is 14.2 Å². The Balaban J connectivity index is 1.55. The smallest absolute Gasteiger partial charge is 0.319 e. The molecule has 7 heteroatoms. The SMILES string of the molecule is COCCOc1ccc(NC(=O)N[C@H]2CCOc3ccccc32)cn1. The van der Waals surface area contributed by atoms with Gasteiger partial charge in [0.1, 0.15) is 12.4 Å². The lowest BCUT2D eigenvalue weighted by Gasteiger charge is -2.26. The number of benzene rings is 1. The number of urea groups is 1. The fourth-order valence-corrected chi connectivity index (χ4v) is 2.59. The zero-order valence-corrected chi connectivity index (χ0v) is 14.0. The van der Waals surface area contributed by atoms with Crippen LogP contribution in [-0.4, -0.2) is 37.9 Å². The van der Waals surface area contributed by atoms with Crippen molar-refractivity contribution < 1.29 is 19.0 Å². The molecule has 25 heavy (non-hydrogen) atoms. The van der Waals surface area contributed by atoms with Crippen molar-refractivity contribution in [3.05, 3.63) is 48.2 Å². The van der Waals surface area contributed by atoms with Crippen molar-refractivity contribution in [2.24, 2.45) is 0 Å². The summed E-state index contributed by atoms with van der Waals surface area (Å²) in [5, 5.41) is 5.76. The lowest BCUT2D eigenvalue weighted by molar-refractivity contribution is 0.144. The van der Waals surface area contributed by atoms with E-state index in [1.165, 1.54) is 0 Å². The summed E-state index contributed by atoms with van der Waals surface area (Å²) in [7, 11) is 1.61. The van der Waals surface area contributed by atoms with Crippen molar-refractivity contribution in [2.45, 2.75) is 12.5 Å². The van der Waals surface area contributed by atoms with Crippen molar-refractivity contribution in [3.8, 4) is 11.6 Å². The van der Waals surface area contributed by atoms with Crippen molar-refractivity contribution in [1.29, 1.82) is 0 Å². The molecule has 0 unspecified atom stereocenters. The molecule has 0 spiro atoms. The number of nitrogens with zero attached hydrogens (tertiary/aromatic N) is 1. The van der Waals surface area contributed by atoms with Gasteiger partial charge in [-0.25, -0.2) is 9.78 Å². The molecule has 2 amide bonds. The van der Waals surface area contributed by atoms with Crippen LogP contribution in [0.3, 0.4) is 0 Å². The lowest BCUT2D eigenvalue weighted by Crippen LogP contribution is -2.35. The Morgan fingerprint density at radius 1 is 1.28 bits per heavy atom. The minimum atomic E-state index is -0.281. The molecule has 1 aromatic heterocycles. The molecule has 7 nitrogen and oxygen atoms in total. The molecule has 2 heterocycles. The monoisotopic (exact) mass is 343 g/mol. The number of hydrogen-bond acceptors (Lipinski definition) is 5. The molecule has 0 saturated carbocycles. The number of nitrogens with one attached hydrogen (secondary N) is 2. The van der Waals surface area contributed by atoms with Crippen LogP contribution in [0.15, 0.2) is 42.6 Å². The van der Waals surface area contributed by atoms with Gasteiger partial charge in [0.15, 0.2) is 0 Å². The topological polar surface area (TPSA) is 81.7 Å². The number of rotatable bonds is 6. The Hall–Kier alpha value is -2.80. The van der Waals surface area contributed by atoms with Gasteiger partial charge in [0.25, 0.3) is 0 Å². The highest BCUT2D eigenvalue weighted by molar-refractivity contribution is 5.89. The van der Waals surface area contributed by atoms with Crippen molar-refractivity contribution in [3.63, 3.8) is 0 Å². The van der Waals surface area contributed by atoms with Gasteiger partial charge in [-0.3, -0.25) is 0 Å². The molecule has 2 aromatic rings. The summed E-state index contributed by atoms with van der Waals surface area (Å²) in [5.41, 5.74) is 1.58. The van der Waals surface area contributed by atoms with Crippen LogP contribution < -0.4 is 20.1 Å². The summed E-state index contributed by atoms with van der Waals surface area (Å²) in [6.07, 6.45) is 2.29. The highest BCUT2D eigenvalue weighted by Gasteiger charge is 2.22. The van der Waals surface area contributed by atoms with Crippen LogP contribution in [0.25, 0.3) is 0 Å². The van der Waals surface area contributed by atoms with Crippen LogP contribution in [0.1, 0.15) is 18.0 Å². The van der Waals surface area contributed by atoms with Gasteiger partial charge >= 0.3 is 6.03 Å². The van der Waals surface area contributed by atoms with E-state index in [0.717, 1.165) is 17.7 Å². The molecule has 1 aliphatic rings. The predicted octanol–water partition coefficient (Wildman–Crippen LogP) is 2.75. The third kappa shape index (κ3) is 4.60. The number of amides is 2. The number of para-hydroxylation sites is 1. The third-order valence-electron chi connectivity index (χ3n) is 3.80. The normalized spacial score (nSPS) is 15.6. The Bertz CT molecular complexity index is 706. The van der Waals surface area contributed by atoms with Gasteiger partial charge in [-0.1, -0.05) is 18.2 Å². The first-order valence-corrected chi connectivity index (χ1v) is 8.13. The lowest BCUT2D eigenvalue weighted by atomic mass is 10.0. The van der Waals surface area contributed by atoms with Gasteiger partial charge in [0, 0.05) is 25.2 Å². The highest BCUT2D eigenvalue weighted by atomic mass is 16.5. The first-order chi connectivity index (χ1) is 12.3. The number of aromatic nitrogens is 1. The Morgan fingerprint density at radius 3 is 2.96 bits per heavy atom. The first-order valence-electron chi connectivity index (χ1n) is 8.13. The van der Waals surface area contributed by atoms with E-state index in [-0.39, 0.29) is 12.1 Å². The van der Waals surface area contributed by atoms with Crippen molar-refractivity contribution in [1.82, 2.24) is 10.3 Å². The number of pyridine rings is 1. The number of ether oxygens (including phenoxy) is 3. The largest absolute Gasteiger partial charge is 0.493 e. The van der Waals surface area contributed by atoms with Crippen LogP contribution in [0.5, 0.6) is 11.6 Å². The van der Waals surface area contributed by atoms with E-state index in [9.17, 15) is 4.79 Å². The zero-order chi connectivity index (χ0) is 17.5.